The molecule has 0 bridgehead atoms. The lowest BCUT2D eigenvalue weighted by Gasteiger charge is -2.06. The number of aryl methyl sites for hydroxylation is 2. The summed E-state index contributed by atoms with van der Waals surface area (Å²) in [6, 6.07) is 5.74. The molecule has 0 saturated carbocycles. The van der Waals surface area contributed by atoms with Gasteiger partial charge in [-0.1, -0.05) is 5.16 Å². The smallest absolute Gasteiger partial charge is 0.239 e. The molecule has 1 fully saturated rings. The maximum atomic E-state index is 12.1. The predicted molar refractivity (Wildman–Crippen MR) is 89.1 cm³/mol. The standard InChI is InChI=1S/C17H18N6O2/c1-10-8-11(2)23(20-10)12-4-5-14(18-9-12)15-19-16(25-21-15)13-6-7-22(3)17(13)24/h4-5,8-9,13H,6-7H2,1-3H3. The summed E-state index contributed by atoms with van der Waals surface area (Å²) in [5.74, 6) is 0.411. The monoisotopic (exact) mass is 338 g/mol. The zero-order chi connectivity index (χ0) is 17.6. The summed E-state index contributed by atoms with van der Waals surface area (Å²) in [5, 5.41) is 8.41. The molecule has 128 valence electrons. The molecule has 3 aromatic rings. The number of hydrogen-bond donors (Lipinski definition) is 0. The average Bonchev–Trinajstić information content (AvgIpc) is 3.29. The van der Waals surface area contributed by atoms with E-state index in [1.54, 1.807) is 18.1 Å². The van der Waals surface area contributed by atoms with E-state index in [2.05, 4.69) is 20.2 Å². The van der Waals surface area contributed by atoms with E-state index in [0.29, 0.717) is 30.4 Å². The molecule has 1 saturated heterocycles. The van der Waals surface area contributed by atoms with Crippen LogP contribution in [0.4, 0.5) is 0 Å². The first-order chi connectivity index (χ1) is 12.0. The van der Waals surface area contributed by atoms with Gasteiger partial charge in [0.15, 0.2) is 0 Å². The Bertz CT molecular complexity index is 927. The molecule has 1 aliphatic rings. The molecule has 1 aliphatic heterocycles. The molecule has 1 atom stereocenters. The molecule has 3 aromatic heterocycles. The largest absolute Gasteiger partial charge is 0.345 e. The first-order valence-corrected chi connectivity index (χ1v) is 8.11. The van der Waals surface area contributed by atoms with Crippen LogP contribution in [0.2, 0.25) is 0 Å². The molecule has 0 aromatic carbocycles. The van der Waals surface area contributed by atoms with E-state index in [4.69, 9.17) is 4.52 Å². The molecular weight excluding hydrogens is 320 g/mol. The maximum absolute atomic E-state index is 12.1. The summed E-state index contributed by atoms with van der Waals surface area (Å²) >= 11 is 0. The molecule has 4 rings (SSSR count). The minimum atomic E-state index is -0.347. The Kier molecular flexibility index (Phi) is 3.60. The second-order valence-electron chi connectivity index (χ2n) is 6.30. The number of carbonyl (C=O) groups excluding carboxylic acids is 1. The van der Waals surface area contributed by atoms with Gasteiger partial charge in [-0.2, -0.15) is 10.1 Å². The second kappa shape index (κ2) is 5.80. The normalized spacial score (nSPS) is 17.5. The van der Waals surface area contributed by atoms with Gasteiger partial charge < -0.3 is 9.42 Å². The molecule has 1 unspecified atom stereocenters. The van der Waals surface area contributed by atoms with Crippen molar-refractivity contribution in [2.24, 2.45) is 0 Å². The van der Waals surface area contributed by atoms with Crippen LogP contribution >= 0.6 is 0 Å². The topological polar surface area (TPSA) is 89.9 Å². The molecule has 8 heteroatoms. The molecule has 0 radical (unpaired) electrons. The lowest BCUT2D eigenvalue weighted by atomic mass is 10.1. The van der Waals surface area contributed by atoms with Crippen LogP contribution in [0, 0.1) is 13.8 Å². The third kappa shape index (κ3) is 2.69. The van der Waals surface area contributed by atoms with E-state index in [-0.39, 0.29) is 11.8 Å². The summed E-state index contributed by atoms with van der Waals surface area (Å²) in [6.45, 7) is 4.65. The molecule has 4 heterocycles. The Morgan fingerprint density at radius 2 is 2.12 bits per heavy atom. The van der Waals surface area contributed by atoms with E-state index in [1.165, 1.54) is 0 Å². The van der Waals surface area contributed by atoms with Crippen LogP contribution < -0.4 is 0 Å². The first kappa shape index (κ1) is 15.5. The molecule has 0 aliphatic carbocycles. The summed E-state index contributed by atoms with van der Waals surface area (Å²) in [5.41, 5.74) is 3.46. The number of likely N-dealkylation sites (tertiary alicyclic amines) is 1. The van der Waals surface area contributed by atoms with E-state index in [0.717, 1.165) is 17.1 Å². The molecule has 1 amide bonds. The van der Waals surface area contributed by atoms with E-state index in [9.17, 15) is 4.79 Å². The average molecular weight is 338 g/mol. The molecule has 8 nitrogen and oxygen atoms in total. The predicted octanol–water partition coefficient (Wildman–Crippen LogP) is 1.88. The fourth-order valence-corrected chi connectivity index (χ4v) is 3.07. The number of amides is 1. The summed E-state index contributed by atoms with van der Waals surface area (Å²) in [4.78, 5) is 22.5. The van der Waals surface area contributed by atoms with Gasteiger partial charge in [0, 0.05) is 19.3 Å². The summed E-state index contributed by atoms with van der Waals surface area (Å²) in [6.07, 6.45) is 2.42. The fraction of sp³-hybridized carbons (Fsp3) is 0.353. The van der Waals surface area contributed by atoms with Gasteiger partial charge in [-0.3, -0.25) is 9.78 Å². The van der Waals surface area contributed by atoms with Gasteiger partial charge in [0.05, 0.1) is 17.6 Å². The van der Waals surface area contributed by atoms with Gasteiger partial charge in [-0.05, 0) is 38.5 Å². The van der Waals surface area contributed by atoms with Crippen molar-refractivity contribution in [2.45, 2.75) is 26.2 Å². The summed E-state index contributed by atoms with van der Waals surface area (Å²) in [7, 11) is 1.78. The van der Waals surface area contributed by atoms with Crippen molar-refractivity contribution in [1.29, 1.82) is 0 Å². The van der Waals surface area contributed by atoms with Crippen molar-refractivity contribution < 1.29 is 9.32 Å². The van der Waals surface area contributed by atoms with Gasteiger partial charge in [0.2, 0.25) is 17.6 Å². The molecular formula is C17H18N6O2. The van der Waals surface area contributed by atoms with E-state index >= 15 is 0 Å². The number of hydrogen-bond acceptors (Lipinski definition) is 6. The number of nitrogens with zero attached hydrogens (tertiary/aromatic N) is 6. The van der Waals surface area contributed by atoms with Crippen LogP contribution in [0.3, 0.4) is 0 Å². The lowest BCUT2D eigenvalue weighted by Crippen LogP contribution is -2.21. The van der Waals surface area contributed by atoms with Gasteiger partial charge in [0.25, 0.3) is 0 Å². The number of rotatable bonds is 3. The van der Waals surface area contributed by atoms with E-state index in [1.807, 2.05) is 36.7 Å². The number of pyridine rings is 1. The zero-order valence-electron chi connectivity index (χ0n) is 14.3. The van der Waals surface area contributed by atoms with Crippen molar-refractivity contribution >= 4 is 5.91 Å². The quantitative estimate of drug-likeness (QED) is 0.724. The van der Waals surface area contributed by atoms with Crippen LogP contribution in [0.5, 0.6) is 0 Å². The minimum Gasteiger partial charge on any atom is -0.345 e. The Labute approximate surface area is 144 Å². The highest BCUT2D eigenvalue weighted by molar-refractivity contribution is 5.84. The van der Waals surface area contributed by atoms with Crippen molar-refractivity contribution in [3.8, 4) is 17.2 Å². The van der Waals surface area contributed by atoms with Crippen molar-refractivity contribution in [3.05, 3.63) is 41.7 Å². The maximum Gasteiger partial charge on any atom is 0.239 e. The van der Waals surface area contributed by atoms with Gasteiger partial charge >= 0.3 is 0 Å². The van der Waals surface area contributed by atoms with Crippen LogP contribution in [-0.2, 0) is 4.79 Å². The lowest BCUT2D eigenvalue weighted by molar-refractivity contribution is -0.128. The van der Waals surface area contributed by atoms with Crippen molar-refractivity contribution in [1.82, 2.24) is 29.8 Å². The first-order valence-electron chi connectivity index (χ1n) is 8.11. The van der Waals surface area contributed by atoms with Crippen LogP contribution in [0.25, 0.3) is 17.2 Å². The highest BCUT2D eigenvalue weighted by Crippen LogP contribution is 2.27. The van der Waals surface area contributed by atoms with Gasteiger partial charge in [-0.25, -0.2) is 4.68 Å². The third-order valence-electron chi connectivity index (χ3n) is 4.40. The highest BCUT2D eigenvalue weighted by atomic mass is 16.5. The summed E-state index contributed by atoms with van der Waals surface area (Å²) < 4.78 is 7.13. The number of likely N-dealkylation sites (N-methyl/N-ethyl adjacent to an activating group) is 1. The molecule has 0 spiro atoms. The van der Waals surface area contributed by atoms with Crippen LogP contribution in [-0.4, -0.2) is 49.3 Å². The van der Waals surface area contributed by atoms with Crippen LogP contribution in [0.15, 0.2) is 28.9 Å². The van der Waals surface area contributed by atoms with Crippen LogP contribution in [0.1, 0.15) is 29.6 Å². The SMILES string of the molecule is Cc1cc(C)n(-c2ccc(-c3noc(C4CCN(C)C4=O)n3)nc2)n1. The van der Waals surface area contributed by atoms with Crippen molar-refractivity contribution in [2.75, 3.05) is 13.6 Å². The zero-order valence-corrected chi connectivity index (χ0v) is 14.3. The Hall–Kier alpha value is -3.03. The van der Waals surface area contributed by atoms with Crippen molar-refractivity contribution in [3.63, 3.8) is 0 Å². The third-order valence-corrected chi connectivity index (χ3v) is 4.40. The van der Waals surface area contributed by atoms with Gasteiger partial charge in [0.1, 0.15) is 11.6 Å². The number of aromatic nitrogens is 5. The van der Waals surface area contributed by atoms with Gasteiger partial charge in [-0.15, -0.1) is 0 Å². The molecule has 25 heavy (non-hydrogen) atoms. The Balaban J connectivity index is 1.59. The number of carbonyl (C=O) groups is 1. The Morgan fingerprint density at radius 1 is 1.28 bits per heavy atom. The molecule has 0 N–H and O–H groups in total. The second-order valence-corrected chi connectivity index (χ2v) is 6.30. The fourth-order valence-electron chi connectivity index (χ4n) is 3.07. The minimum absolute atomic E-state index is 0.0167. The Morgan fingerprint density at radius 3 is 2.72 bits per heavy atom. The highest BCUT2D eigenvalue weighted by Gasteiger charge is 2.34. The van der Waals surface area contributed by atoms with E-state index < -0.39 is 0 Å².